The van der Waals surface area contributed by atoms with Gasteiger partial charge in [0.25, 0.3) is 0 Å². The fourth-order valence-corrected chi connectivity index (χ4v) is 2.37. The second-order valence-electron chi connectivity index (χ2n) is 3.43. The van der Waals surface area contributed by atoms with Crippen LogP contribution in [0.4, 0.5) is 5.13 Å². The van der Waals surface area contributed by atoms with Crippen LogP contribution in [-0.4, -0.2) is 18.1 Å². The van der Waals surface area contributed by atoms with Crippen molar-refractivity contribution in [3.05, 3.63) is 10.5 Å². The van der Waals surface area contributed by atoms with Gasteiger partial charge in [-0.15, -0.1) is 11.3 Å². The van der Waals surface area contributed by atoms with E-state index >= 15 is 0 Å². The molecule has 1 aliphatic rings. The maximum atomic E-state index is 5.79. The van der Waals surface area contributed by atoms with Crippen LogP contribution in [0.1, 0.15) is 19.8 Å². The zero-order chi connectivity index (χ0) is 9.26. The van der Waals surface area contributed by atoms with Crippen molar-refractivity contribution in [2.24, 2.45) is 5.92 Å². The van der Waals surface area contributed by atoms with E-state index in [4.69, 9.17) is 11.6 Å². The summed E-state index contributed by atoms with van der Waals surface area (Å²) in [5, 5.41) is 3.58. The summed E-state index contributed by atoms with van der Waals surface area (Å²) in [5.74, 6) is 0.905. The second-order valence-corrected chi connectivity index (χ2v) is 4.66. The molecule has 0 amide bonds. The van der Waals surface area contributed by atoms with E-state index in [1.165, 1.54) is 12.8 Å². The van der Waals surface area contributed by atoms with Crippen LogP contribution >= 0.6 is 22.9 Å². The number of anilines is 1. The molecule has 1 aromatic heterocycles. The van der Waals surface area contributed by atoms with Crippen molar-refractivity contribution in [2.75, 3.05) is 18.0 Å². The molecule has 0 aliphatic heterocycles. The third-order valence-corrected chi connectivity index (χ3v) is 3.52. The molecule has 0 radical (unpaired) electrons. The fraction of sp³-hybridized carbons (Fsp3) is 0.667. The summed E-state index contributed by atoms with van der Waals surface area (Å²) >= 11 is 7.42. The summed E-state index contributed by atoms with van der Waals surface area (Å²) in [6.07, 6.45) is 2.77. The summed E-state index contributed by atoms with van der Waals surface area (Å²) in [6, 6.07) is 0. The maximum absolute atomic E-state index is 5.79. The Morgan fingerprint density at radius 1 is 1.69 bits per heavy atom. The van der Waals surface area contributed by atoms with Crippen LogP contribution in [0.2, 0.25) is 5.15 Å². The summed E-state index contributed by atoms with van der Waals surface area (Å²) in [5.41, 5.74) is 0. The molecule has 0 bridgehead atoms. The molecule has 1 aliphatic carbocycles. The zero-order valence-electron chi connectivity index (χ0n) is 7.66. The molecular formula is C9H13ClN2S. The lowest BCUT2D eigenvalue weighted by molar-refractivity contribution is 0.739. The number of hydrogen-bond acceptors (Lipinski definition) is 3. The topological polar surface area (TPSA) is 16.1 Å². The Morgan fingerprint density at radius 2 is 2.46 bits per heavy atom. The number of thiazole rings is 1. The lowest BCUT2D eigenvalue weighted by atomic mass is 10.4. The maximum Gasteiger partial charge on any atom is 0.186 e. The van der Waals surface area contributed by atoms with Crippen molar-refractivity contribution in [1.82, 2.24) is 4.98 Å². The minimum absolute atomic E-state index is 0.620. The van der Waals surface area contributed by atoms with Gasteiger partial charge in [-0.25, -0.2) is 4.98 Å². The Morgan fingerprint density at radius 3 is 2.92 bits per heavy atom. The monoisotopic (exact) mass is 216 g/mol. The molecule has 0 saturated heterocycles. The van der Waals surface area contributed by atoms with E-state index in [0.29, 0.717) is 5.15 Å². The number of hydrogen-bond donors (Lipinski definition) is 0. The molecule has 1 heterocycles. The van der Waals surface area contributed by atoms with Crippen LogP contribution in [0.3, 0.4) is 0 Å². The molecule has 13 heavy (non-hydrogen) atoms. The first-order valence-corrected chi connectivity index (χ1v) is 5.91. The lowest BCUT2D eigenvalue weighted by Crippen LogP contribution is -2.24. The van der Waals surface area contributed by atoms with Gasteiger partial charge in [0.2, 0.25) is 0 Å². The summed E-state index contributed by atoms with van der Waals surface area (Å²) in [4.78, 5) is 6.59. The molecular weight excluding hydrogens is 204 g/mol. The van der Waals surface area contributed by atoms with Gasteiger partial charge in [-0.2, -0.15) is 0 Å². The van der Waals surface area contributed by atoms with E-state index in [1.54, 1.807) is 11.3 Å². The highest BCUT2D eigenvalue weighted by atomic mass is 35.5. The molecule has 1 fully saturated rings. The predicted octanol–water partition coefficient (Wildman–Crippen LogP) is 3.03. The van der Waals surface area contributed by atoms with Gasteiger partial charge in [-0.1, -0.05) is 11.6 Å². The van der Waals surface area contributed by atoms with E-state index < -0.39 is 0 Å². The molecule has 0 aromatic carbocycles. The first-order valence-electron chi connectivity index (χ1n) is 4.65. The Balaban J connectivity index is 2.01. The molecule has 1 aromatic rings. The Hall–Kier alpha value is -0.280. The van der Waals surface area contributed by atoms with Crippen LogP contribution in [-0.2, 0) is 0 Å². The van der Waals surface area contributed by atoms with E-state index in [1.807, 2.05) is 5.38 Å². The van der Waals surface area contributed by atoms with Gasteiger partial charge in [-0.3, -0.25) is 0 Å². The Bertz CT molecular complexity index is 283. The molecule has 0 spiro atoms. The van der Waals surface area contributed by atoms with E-state index in [2.05, 4.69) is 16.8 Å². The van der Waals surface area contributed by atoms with Gasteiger partial charge in [0, 0.05) is 18.5 Å². The third kappa shape index (κ3) is 2.35. The molecule has 4 heteroatoms. The molecule has 2 rings (SSSR count). The number of nitrogens with zero attached hydrogens (tertiary/aromatic N) is 2. The lowest BCUT2D eigenvalue weighted by Gasteiger charge is -2.18. The van der Waals surface area contributed by atoms with Gasteiger partial charge in [0.15, 0.2) is 5.13 Å². The number of halogens is 1. The Labute approximate surface area is 87.5 Å². The summed E-state index contributed by atoms with van der Waals surface area (Å²) in [6.45, 7) is 4.35. The van der Waals surface area contributed by atoms with Gasteiger partial charge in [0.05, 0.1) is 0 Å². The predicted molar refractivity (Wildman–Crippen MR) is 57.7 cm³/mol. The van der Waals surface area contributed by atoms with Crippen molar-refractivity contribution >= 4 is 28.1 Å². The molecule has 0 atom stereocenters. The molecule has 72 valence electrons. The van der Waals surface area contributed by atoms with Gasteiger partial charge < -0.3 is 4.90 Å². The SMILES string of the molecule is CCN(CC1CC1)c1nc(Cl)cs1. The quantitative estimate of drug-likeness (QED) is 0.769. The minimum Gasteiger partial charge on any atom is -0.348 e. The standard InChI is InChI=1S/C9H13ClN2S/c1-2-12(5-7-3-4-7)9-11-8(10)6-13-9/h6-7H,2-5H2,1H3. The molecule has 0 unspecified atom stereocenters. The van der Waals surface area contributed by atoms with Crippen LogP contribution in [0, 0.1) is 5.92 Å². The first kappa shape index (κ1) is 9.28. The van der Waals surface area contributed by atoms with Crippen molar-refractivity contribution in [3.8, 4) is 0 Å². The summed E-state index contributed by atoms with van der Waals surface area (Å²) < 4.78 is 0. The van der Waals surface area contributed by atoms with Crippen molar-refractivity contribution in [2.45, 2.75) is 19.8 Å². The average Bonchev–Trinajstić information content (AvgIpc) is 2.84. The van der Waals surface area contributed by atoms with Crippen molar-refractivity contribution in [3.63, 3.8) is 0 Å². The van der Waals surface area contributed by atoms with Crippen molar-refractivity contribution in [1.29, 1.82) is 0 Å². The largest absolute Gasteiger partial charge is 0.348 e. The molecule has 2 nitrogen and oxygen atoms in total. The summed E-state index contributed by atoms with van der Waals surface area (Å²) in [7, 11) is 0. The fourth-order valence-electron chi connectivity index (χ4n) is 1.35. The van der Waals surface area contributed by atoms with Gasteiger partial charge in [0.1, 0.15) is 5.15 Å². The first-order chi connectivity index (χ1) is 6.29. The normalized spacial score (nSPS) is 16.2. The number of aromatic nitrogens is 1. The zero-order valence-corrected chi connectivity index (χ0v) is 9.24. The third-order valence-electron chi connectivity index (χ3n) is 2.29. The van der Waals surface area contributed by atoms with E-state index in [-0.39, 0.29) is 0 Å². The van der Waals surface area contributed by atoms with Crippen molar-refractivity contribution < 1.29 is 0 Å². The highest BCUT2D eigenvalue weighted by Crippen LogP contribution is 2.32. The highest BCUT2D eigenvalue weighted by molar-refractivity contribution is 7.14. The van der Waals surface area contributed by atoms with E-state index in [0.717, 1.165) is 24.1 Å². The highest BCUT2D eigenvalue weighted by Gasteiger charge is 2.24. The van der Waals surface area contributed by atoms with E-state index in [9.17, 15) is 0 Å². The van der Waals surface area contributed by atoms with Crippen LogP contribution in [0.15, 0.2) is 5.38 Å². The number of rotatable bonds is 4. The van der Waals surface area contributed by atoms with Gasteiger partial charge >= 0.3 is 0 Å². The van der Waals surface area contributed by atoms with Gasteiger partial charge in [-0.05, 0) is 25.7 Å². The smallest absolute Gasteiger partial charge is 0.186 e. The molecule has 1 saturated carbocycles. The average molecular weight is 217 g/mol. The van der Waals surface area contributed by atoms with Crippen LogP contribution in [0.5, 0.6) is 0 Å². The van der Waals surface area contributed by atoms with Crippen LogP contribution in [0.25, 0.3) is 0 Å². The molecule has 0 N–H and O–H groups in total. The van der Waals surface area contributed by atoms with Crippen LogP contribution < -0.4 is 4.90 Å². The minimum atomic E-state index is 0.620. The second kappa shape index (κ2) is 3.84. The Kier molecular flexibility index (Phi) is 2.74.